The lowest BCUT2D eigenvalue weighted by Gasteiger charge is -2.41. The van der Waals surface area contributed by atoms with Crippen LogP contribution in [0, 0.1) is 11.6 Å². The number of nitrogens with zero attached hydrogens (tertiary/aromatic N) is 2. The van der Waals surface area contributed by atoms with Crippen LogP contribution in [0.4, 0.5) is 42.9 Å². The number of benzene rings is 9. The highest BCUT2D eigenvalue weighted by molar-refractivity contribution is 6.89. The standard InChI is InChI=1S/C59H50F2N2Si2/c1-64(2,3)46-31-26-42(27-32-46)62(41-22-18-39(60)19-23-41)45-30-35-50-51-36-37-57(63(43-24-20-40(61)21-25-43)44-28-33-47(34-29-44)65(4,5)6)52-14-11-17-55(58(51)52)59(56(50)38-45)53-15-9-7-12-48(53)49-13-8-10-16-54(49)59/h7-38H,1-6H3. The Labute approximate surface area is 383 Å². The molecule has 0 unspecified atom stereocenters. The molecule has 0 saturated heterocycles. The van der Waals surface area contributed by atoms with E-state index in [1.54, 1.807) is 24.3 Å². The Morgan fingerprint density at radius 2 is 0.769 bits per heavy atom. The van der Waals surface area contributed by atoms with E-state index in [-0.39, 0.29) is 11.6 Å². The molecule has 9 aromatic carbocycles. The van der Waals surface area contributed by atoms with E-state index in [1.165, 1.54) is 49.1 Å². The van der Waals surface area contributed by atoms with Crippen LogP contribution < -0.4 is 20.2 Å². The molecule has 2 aliphatic rings. The molecule has 2 aliphatic carbocycles. The fourth-order valence-corrected chi connectivity index (χ4v) is 12.9. The number of rotatable bonds is 8. The van der Waals surface area contributed by atoms with Crippen LogP contribution in [-0.4, -0.2) is 16.1 Å². The van der Waals surface area contributed by atoms with Gasteiger partial charge in [-0.2, -0.15) is 0 Å². The van der Waals surface area contributed by atoms with Crippen LogP contribution in [0.1, 0.15) is 22.3 Å². The topological polar surface area (TPSA) is 6.48 Å². The van der Waals surface area contributed by atoms with Crippen LogP contribution in [0.25, 0.3) is 33.0 Å². The Morgan fingerprint density at radius 3 is 1.28 bits per heavy atom. The normalized spacial score (nSPS) is 13.4. The van der Waals surface area contributed by atoms with Crippen molar-refractivity contribution < 1.29 is 8.78 Å². The Morgan fingerprint density at radius 1 is 0.354 bits per heavy atom. The molecule has 6 heteroatoms. The van der Waals surface area contributed by atoms with Crippen LogP contribution in [0.15, 0.2) is 194 Å². The molecule has 318 valence electrons. The largest absolute Gasteiger partial charge is 0.310 e. The Balaban J connectivity index is 1.20. The smallest absolute Gasteiger partial charge is 0.123 e. The van der Waals surface area contributed by atoms with Crippen molar-refractivity contribution in [2.75, 3.05) is 9.80 Å². The number of hydrogen-bond acceptors (Lipinski definition) is 2. The zero-order valence-electron chi connectivity index (χ0n) is 37.6. The van der Waals surface area contributed by atoms with E-state index < -0.39 is 21.6 Å². The van der Waals surface area contributed by atoms with Crippen LogP contribution in [0.3, 0.4) is 0 Å². The zero-order valence-corrected chi connectivity index (χ0v) is 39.6. The molecule has 0 aliphatic heterocycles. The van der Waals surface area contributed by atoms with Gasteiger partial charge in [-0.1, -0.05) is 153 Å². The van der Waals surface area contributed by atoms with Crippen LogP contribution in [-0.2, 0) is 5.41 Å². The first kappa shape index (κ1) is 40.9. The minimum Gasteiger partial charge on any atom is -0.310 e. The van der Waals surface area contributed by atoms with Crippen molar-refractivity contribution in [2.45, 2.75) is 44.7 Å². The second-order valence-electron chi connectivity index (χ2n) is 19.6. The number of halogens is 2. The van der Waals surface area contributed by atoms with Gasteiger partial charge in [0.25, 0.3) is 0 Å². The lowest BCUT2D eigenvalue weighted by atomic mass is 9.61. The lowest BCUT2D eigenvalue weighted by molar-refractivity contribution is 0.627. The van der Waals surface area contributed by atoms with Gasteiger partial charge in [-0.25, -0.2) is 8.78 Å². The maximum atomic E-state index is 14.6. The number of fused-ring (bicyclic) bond motifs is 9. The molecule has 11 rings (SSSR count). The highest BCUT2D eigenvalue weighted by Gasteiger charge is 2.50. The molecular formula is C59H50F2N2Si2. The summed E-state index contributed by atoms with van der Waals surface area (Å²) in [6.07, 6.45) is 0. The summed E-state index contributed by atoms with van der Waals surface area (Å²) in [4.78, 5) is 4.55. The summed E-state index contributed by atoms with van der Waals surface area (Å²) in [6, 6.07) is 67.8. The molecule has 0 heterocycles. The fourth-order valence-electron chi connectivity index (χ4n) is 10.6. The summed E-state index contributed by atoms with van der Waals surface area (Å²) in [5.41, 5.74) is 14.8. The molecule has 65 heavy (non-hydrogen) atoms. The van der Waals surface area contributed by atoms with Gasteiger partial charge in [0.05, 0.1) is 27.3 Å². The van der Waals surface area contributed by atoms with Gasteiger partial charge in [0.2, 0.25) is 0 Å². The van der Waals surface area contributed by atoms with E-state index >= 15 is 0 Å². The van der Waals surface area contributed by atoms with Crippen molar-refractivity contribution in [1.29, 1.82) is 0 Å². The van der Waals surface area contributed by atoms with Crippen LogP contribution in [0.5, 0.6) is 0 Å². The second kappa shape index (κ2) is 15.1. The van der Waals surface area contributed by atoms with E-state index in [0.29, 0.717) is 0 Å². The van der Waals surface area contributed by atoms with Gasteiger partial charge in [-0.3, -0.25) is 0 Å². The third-order valence-corrected chi connectivity index (χ3v) is 17.9. The van der Waals surface area contributed by atoms with Crippen molar-refractivity contribution in [3.05, 3.63) is 228 Å². The molecule has 0 N–H and O–H groups in total. The Kier molecular flexibility index (Phi) is 9.51. The van der Waals surface area contributed by atoms with Gasteiger partial charge in [0, 0.05) is 33.8 Å². The minimum absolute atomic E-state index is 0.266. The van der Waals surface area contributed by atoms with Crippen molar-refractivity contribution in [3.63, 3.8) is 0 Å². The highest BCUT2D eigenvalue weighted by Crippen LogP contribution is 2.63. The Bertz CT molecular complexity index is 3250. The summed E-state index contributed by atoms with van der Waals surface area (Å²) >= 11 is 0. The first-order valence-corrected chi connectivity index (χ1v) is 29.6. The molecule has 0 amide bonds. The predicted molar refractivity (Wildman–Crippen MR) is 275 cm³/mol. The van der Waals surface area contributed by atoms with E-state index in [4.69, 9.17) is 0 Å². The SMILES string of the molecule is C[Si](C)(C)c1ccc(N(c2ccc(F)cc2)c2ccc3c(c2)C2(c4ccccc4-c4ccccc42)c2cccc4c(N(c5ccc(F)cc5)c5ccc([Si](C)(C)C)cc5)ccc-3c24)cc1. The predicted octanol–water partition coefficient (Wildman–Crippen LogP) is 15.5. The lowest BCUT2D eigenvalue weighted by Crippen LogP contribution is -2.37. The first-order chi connectivity index (χ1) is 31.3. The van der Waals surface area contributed by atoms with Crippen molar-refractivity contribution in [2.24, 2.45) is 0 Å². The molecule has 9 aromatic rings. The molecular weight excluding hydrogens is 831 g/mol. The molecule has 0 atom stereocenters. The summed E-state index contributed by atoms with van der Waals surface area (Å²) in [7, 11) is -3.14. The van der Waals surface area contributed by atoms with Gasteiger partial charge >= 0.3 is 0 Å². The van der Waals surface area contributed by atoms with Crippen molar-refractivity contribution in [1.82, 2.24) is 0 Å². The Hall–Kier alpha value is -6.87. The fraction of sp³-hybridized carbons (Fsp3) is 0.119. The molecule has 2 nitrogen and oxygen atoms in total. The zero-order chi connectivity index (χ0) is 44.8. The molecule has 0 aromatic heterocycles. The van der Waals surface area contributed by atoms with Crippen LogP contribution >= 0.6 is 0 Å². The molecule has 1 spiro atoms. The minimum atomic E-state index is -1.57. The van der Waals surface area contributed by atoms with Gasteiger partial charge in [0.1, 0.15) is 11.6 Å². The summed E-state index contributed by atoms with van der Waals surface area (Å²) < 4.78 is 29.2. The third kappa shape index (κ3) is 6.53. The molecule has 0 saturated carbocycles. The van der Waals surface area contributed by atoms with Gasteiger partial charge in [-0.05, 0) is 141 Å². The second-order valence-corrected chi connectivity index (χ2v) is 29.8. The number of anilines is 6. The summed E-state index contributed by atoms with van der Waals surface area (Å²) in [5.74, 6) is -0.533. The average molecular weight is 881 g/mol. The van der Waals surface area contributed by atoms with Gasteiger partial charge in [-0.15, -0.1) is 0 Å². The summed E-state index contributed by atoms with van der Waals surface area (Å²) in [5, 5.41) is 5.08. The van der Waals surface area contributed by atoms with E-state index in [1.807, 2.05) is 24.3 Å². The molecule has 0 fully saturated rings. The molecule has 0 bridgehead atoms. The van der Waals surface area contributed by atoms with Crippen LogP contribution in [0.2, 0.25) is 39.3 Å². The van der Waals surface area contributed by atoms with E-state index in [9.17, 15) is 8.78 Å². The first-order valence-electron chi connectivity index (χ1n) is 22.6. The highest BCUT2D eigenvalue weighted by atomic mass is 28.3. The quantitative estimate of drug-likeness (QED) is 0.140. The maximum Gasteiger partial charge on any atom is 0.123 e. The van der Waals surface area contributed by atoms with E-state index in [0.717, 1.165) is 50.6 Å². The van der Waals surface area contributed by atoms with E-state index in [2.05, 4.69) is 195 Å². The molecule has 0 radical (unpaired) electrons. The number of hydrogen-bond donors (Lipinski definition) is 0. The summed E-state index contributed by atoms with van der Waals surface area (Å²) in [6.45, 7) is 14.2. The maximum absolute atomic E-state index is 14.6. The van der Waals surface area contributed by atoms with Crippen molar-refractivity contribution in [3.8, 4) is 22.3 Å². The third-order valence-electron chi connectivity index (χ3n) is 13.7. The van der Waals surface area contributed by atoms with Crippen molar-refractivity contribution >= 4 is 71.4 Å². The average Bonchev–Trinajstić information content (AvgIpc) is 3.60. The van der Waals surface area contributed by atoms with Gasteiger partial charge in [0.15, 0.2) is 0 Å². The monoisotopic (exact) mass is 880 g/mol. The van der Waals surface area contributed by atoms with Gasteiger partial charge < -0.3 is 9.80 Å².